The first-order valence-electron chi connectivity index (χ1n) is 9.80. The first kappa shape index (κ1) is 23.9. The van der Waals surface area contributed by atoms with Crippen molar-refractivity contribution in [3.8, 4) is 11.3 Å². The topological polar surface area (TPSA) is 96.3 Å². The Morgan fingerprint density at radius 2 is 1.82 bits per heavy atom. The average molecular weight is 531 g/mol. The zero-order valence-electron chi connectivity index (χ0n) is 17.5. The van der Waals surface area contributed by atoms with E-state index >= 15 is 0 Å². The minimum absolute atomic E-state index is 0.101. The van der Waals surface area contributed by atoms with Gasteiger partial charge in [0.05, 0.1) is 10.2 Å². The van der Waals surface area contributed by atoms with Gasteiger partial charge in [0, 0.05) is 34.3 Å². The number of furan rings is 1. The largest absolute Gasteiger partial charge is 0.457 e. The van der Waals surface area contributed by atoms with E-state index in [1.54, 1.807) is 42.5 Å². The van der Waals surface area contributed by atoms with Crippen LogP contribution in [-0.4, -0.2) is 21.9 Å². The van der Waals surface area contributed by atoms with Gasteiger partial charge in [-0.15, -0.1) is 0 Å². The van der Waals surface area contributed by atoms with E-state index < -0.39 is 5.91 Å². The van der Waals surface area contributed by atoms with Crippen LogP contribution in [0.1, 0.15) is 12.7 Å². The van der Waals surface area contributed by atoms with Crippen molar-refractivity contribution in [2.24, 2.45) is 0 Å². The molecule has 34 heavy (non-hydrogen) atoms. The zero-order valence-corrected chi connectivity index (χ0v) is 20.7. The molecule has 2 amide bonds. The van der Waals surface area contributed by atoms with Gasteiger partial charge in [-0.1, -0.05) is 34.5 Å². The number of thiocarbonyl (C=S) groups is 1. The summed E-state index contributed by atoms with van der Waals surface area (Å²) in [5.74, 6) is 0.453. The van der Waals surface area contributed by atoms with E-state index in [1.807, 2.05) is 6.07 Å². The number of carbonyl (C=O) groups is 2. The molecule has 0 atom stereocenters. The molecular weight excluding hydrogens is 515 g/mol. The fourth-order valence-corrected chi connectivity index (χ4v) is 4.69. The summed E-state index contributed by atoms with van der Waals surface area (Å²) in [5.41, 5.74) is 2.15. The third-order valence-electron chi connectivity index (χ3n) is 4.34. The van der Waals surface area contributed by atoms with Gasteiger partial charge in [-0.25, -0.2) is 4.98 Å². The number of hydrogen-bond donors (Lipinski definition) is 3. The summed E-state index contributed by atoms with van der Waals surface area (Å²) >= 11 is 18.6. The number of amides is 2. The summed E-state index contributed by atoms with van der Waals surface area (Å²) in [6.45, 7) is 1.44. The first-order valence-corrected chi connectivity index (χ1v) is 11.8. The predicted molar refractivity (Wildman–Crippen MR) is 141 cm³/mol. The fraction of sp³-hybridized carbons (Fsp3) is 0.0435. The minimum Gasteiger partial charge on any atom is -0.457 e. The lowest BCUT2D eigenvalue weighted by molar-refractivity contribution is -0.115. The lowest BCUT2D eigenvalue weighted by Gasteiger charge is -2.04. The quantitative estimate of drug-likeness (QED) is 0.205. The highest BCUT2D eigenvalue weighted by Crippen LogP contribution is 2.29. The molecule has 7 nitrogen and oxygen atoms in total. The molecule has 3 N–H and O–H groups in total. The number of fused-ring (bicyclic) bond motifs is 1. The van der Waals surface area contributed by atoms with Crippen molar-refractivity contribution in [1.29, 1.82) is 0 Å². The number of rotatable bonds is 5. The third kappa shape index (κ3) is 6.21. The molecule has 0 saturated heterocycles. The molecule has 0 radical (unpaired) electrons. The number of halogens is 2. The lowest BCUT2D eigenvalue weighted by Crippen LogP contribution is -2.32. The van der Waals surface area contributed by atoms with Gasteiger partial charge in [-0.3, -0.25) is 14.9 Å². The molecular formula is C23H16Cl2N4O3S2. The van der Waals surface area contributed by atoms with Crippen LogP contribution in [0.3, 0.4) is 0 Å². The van der Waals surface area contributed by atoms with Gasteiger partial charge in [0.2, 0.25) is 11.8 Å². The number of nitrogens with one attached hydrogen (secondary N) is 3. The minimum atomic E-state index is -0.435. The second kappa shape index (κ2) is 10.4. The van der Waals surface area contributed by atoms with Crippen molar-refractivity contribution >= 4 is 90.8 Å². The summed E-state index contributed by atoms with van der Waals surface area (Å²) in [6, 6.07) is 14.0. The van der Waals surface area contributed by atoms with Crippen LogP contribution in [0.25, 0.3) is 27.6 Å². The number of aromatic nitrogens is 1. The SMILES string of the molecule is CC(=O)Nc1ccc2nc(NC(=S)NC(=O)/C=C/c3ccc(-c4cc(Cl)cc(Cl)c4)o3)sc2c1. The van der Waals surface area contributed by atoms with E-state index in [2.05, 4.69) is 20.9 Å². The summed E-state index contributed by atoms with van der Waals surface area (Å²) < 4.78 is 6.59. The molecule has 11 heteroatoms. The van der Waals surface area contributed by atoms with Crippen LogP contribution in [0, 0.1) is 0 Å². The smallest absolute Gasteiger partial charge is 0.250 e. The number of hydrogen-bond acceptors (Lipinski definition) is 6. The summed E-state index contributed by atoms with van der Waals surface area (Å²) in [7, 11) is 0. The van der Waals surface area contributed by atoms with Crippen LogP contribution < -0.4 is 16.0 Å². The van der Waals surface area contributed by atoms with E-state index in [0.717, 1.165) is 15.8 Å². The van der Waals surface area contributed by atoms with Crippen molar-refractivity contribution in [3.05, 3.63) is 70.4 Å². The second-order valence-electron chi connectivity index (χ2n) is 7.02. The second-order valence-corrected chi connectivity index (χ2v) is 9.33. The van der Waals surface area contributed by atoms with Gasteiger partial charge in [-0.05, 0) is 66.8 Å². The Labute approximate surface area is 213 Å². The highest BCUT2D eigenvalue weighted by Gasteiger charge is 2.09. The predicted octanol–water partition coefficient (Wildman–Crippen LogP) is 6.35. The Kier molecular flexibility index (Phi) is 7.28. The number of thiazole rings is 1. The van der Waals surface area contributed by atoms with Crippen molar-refractivity contribution in [2.75, 3.05) is 10.6 Å². The van der Waals surface area contributed by atoms with E-state index in [4.69, 9.17) is 39.8 Å². The molecule has 0 aliphatic carbocycles. The van der Waals surface area contributed by atoms with Crippen LogP contribution in [0.2, 0.25) is 10.0 Å². The standard InChI is InChI=1S/C23H16Cl2N4O3S2/c1-12(30)26-16-2-5-18-20(11-16)34-23(27-18)29-22(33)28-21(31)7-4-17-3-6-19(32-17)13-8-14(24)10-15(25)9-13/h2-11H,1H3,(H,26,30)(H2,27,28,29,31,33)/b7-4+. The van der Waals surface area contributed by atoms with Crippen molar-refractivity contribution < 1.29 is 14.0 Å². The van der Waals surface area contributed by atoms with Gasteiger partial charge in [-0.2, -0.15) is 0 Å². The molecule has 2 aromatic heterocycles. The van der Waals surface area contributed by atoms with E-state index in [1.165, 1.54) is 30.4 Å². The van der Waals surface area contributed by atoms with Crippen LogP contribution >= 0.6 is 46.8 Å². The Bertz CT molecular complexity index is 1430. The van der Waals surface area contributed by atoms with E-state index in [0.29, 0.717) is 32.4 Å². The number of nitrogens with zero attached hydrogens (tertiary/aromatic N) is 1. The van der Waals surface area contributed by atoms with E-state index in [9.17, 15) is 9.59 Å². The molecule has 0 unspecified atom stereocenters. The molecule has 4 rings (SSSR count). The summed E-state index contributed by atoms with van der Waals surface area (Å²) in [5, 5.41) is 9.79. The van der Waals surface area contributed by atoms with Gasteiger partial charge in [0.25, 0.3) is 0 Å². The van der Waals surface area contributed by atoms with Crippen LogP contribution in [-0.2, 0) is 9.59 Å². The Morgan fingerprint density at radius 3 is 2.56 bits per heavy atom. The Balaban J connectivity index is 1.35. The van der Waals surface area contributed by atoms with E-state index in [-0.39, 0.29) is 11.0 Å². The zero-order chi connectivity index (χ0) is 24.2. The molecule has 2 aromatic carbocycles. The number of carbonyl (C=O) groups excluding carboxylic acids is 2. The Morgan fingerprint density at radius 1 is 1.06 bits per heavy atom. The molecule has 0 bridgehead atoms. The molecule has 0 fully saturated rings. The molecule has 2 heterocycles. The number of anilines is 2. The molecule has 0 aliphatic heterocycles. The van der Waals surface area contributed by atoms with Crippen molar-refractivity contribution in [2.45, 2.75) is 6.92 Å². The normalized spacial score (nSPS) is 11.0. The van der Waals surface area contributed by atoms with Crippen molar-refractivity contribution in [3.63, 3.8) is 0 Å². The van der Waals surface area contributed by atoms with Crippen LogP contribution in [0.15, 0.2) is 59.0 Å². The fourth-order valence-electron chi connectivity index (χ4n) is 2.99. The highest BCUT2D eigenvalue weighted by atomic mass is 35.5. The molecule has 4 aromatic rings. The van der Waals surface area contributed by atoms with Crippen LogP contribution in [0.4, 0.5) is 10.8 Å². The monoisotopic (exact) mass is 530 g/mol. The van der Waals surface area contributed by atoms with Crippen molar-refractivity contribution in [1.82, 2.24) is 10.3 Å². The third-order valence-corrected chi connectivity index (χ3v) is 5.91. The highest BCUT2D eigenvalue weighted by molar-refractivity contribution is 7.80. The molecule has 0 spiro atoms. The molecule has 172 valence electrons. The van der Waals surface area contributed by atoms with Gasteiger partial charge in [0.15, 0.2) is 10.2 Å². The first-order chi connectivity index (χ1) is 16.2. The Hall–Kier alpha value is -3.24. The summed E-state index contributed by atoms with van der Waals surface area (Å²) in [4.78, 5) is 27.9. The maximum absolute atomic E-state index is 12.2. The summed E-state index contributed by atoms with van der Waals surface area (Å²) in [6.07, 6.45) is 2.83. The number of benzene rings is 2. The van der Waals surface area contributed by atoms with Gasteiger partial charge >= 0.3 is 0 Å². The van der Waals surface area contributed by atoms with Gasteiger partial charge < -0.3 is 15.1 Å². The van der Waals surface area contributed by atoms with Crippen LogP contribution in [0.5, 0.6) is 0 Å². The average Bonchev–Trinajstić information content (AvgIpc) is 3.37. The maximum Gasteiger partial charge on any atom is 0.250 e. The van der Waals surface area contributed by atoms with Gasteiger partial charge in [0.1, 0.15) is 11.5 Å². The maximum atomic E-state index is 12.2. The lowest BCUT2D eigenvalue weighted by atomic mass is 10.2. The molecule has 0 saturated carbocycles. The molecule has 0 aliphatic rings.